The highest BCUT2D eigenvalue weighted by Crippen LogP contribution is 2.13. The molecule has 1 saturated heterocycles. The van der Waals surface area contributed by atoms with Crippen molar-refractivity contribution in [2.75, 3.05) is 6.54 Å². The highest BCUT2D eigenvalue weighted by molar-refractivity contribution is 5.88. The maximum Gasteiger partial charge on any atom is 0.242 e. The van der Waals surface area contributed by atoms with E-state index in [1.165, 1.54) is 57.8 Å². The number of unbranched alkanes of at least 4 members (excludes halogenated alkanes) is 10. The van der Waals surface area contributed by atoms with Crippen LogP contribution in [-0.4, -0.2) is 35.6 Å². The highest BCUT2D eigenvalue weighted by atomic mass is 16.3. The topological polar surface area (TPSA) is 78.4 Å². The second kappa shape index (κ2) is 15.0. The van der Waals surface area contributed by atoms with Crippen LogP contribution in [0.4, 0.5) is 0 Å². The Bertz CT molecular complexity index is 387. The Morgan fingerprint density at radius 1 is 1.08 bits per heavy atom. The van der Waals surface area contributed by atoms with Crippen molar-refractivity contribution in [1.82, 2.24) is 10.6 Å². The first-order valence-electron chi connectivity index (χ1n) is 10.9. The van der Waals surface area contributed by atoms with Gasteiger partial charge >= 0.3 is 0 Å². The molecule has 0 spiro atoms. The fraction of sp³-hybridized carbons (Fsp3) is 0.905. The summed E-state index contributed by atoms with van der Waals surface area (Å²) in [7, 11) is 0. The summed E-state index contributed by atoms with van der Waals surface area (Å²) in [4.78, 5) is 23.5. The minimum Gasteiger partial charge on any atom is -0.393 e. The second-order valence-electron chi connectivity index (χ2n) is 7.74. The van der Waals surface area contributed by atoms with Gasteiger partial charge in [0.1, 0.15) is 6.04 Å². The number of piperidine rings is 1. The Balaban J connectivity index is 1.92. The molecule has 2 atom stereocenters. The van der Waals surface area contributed by atoms with Crippen LogP contribution in [0.15, 0.2) is 0 Å². The van der Waals surface area contributed by atoms with Gasteiger partial charge in [0.05, 0.1) is 12.5 Å². The molecule has 0 aliphatic carbocycles. The minimum atomic E-state index is -0.597. The third-order valence-electron chi connectivity index (χ3n) is 5.18. The quantitative estimate of drug-likeness (QED) is 0.384. The number of nitrogens with one attached hydrogen (secondary N) is 2. The van der Waals surface area contributed by atoms with Gasteiger partial charge in [-0.05, 0) is 19.3 Å². The fourth-order valence-corrected chi connectivity index (χ4v) is 3.52. The molecule has 2 amide bonds. The number of aliphatic hydroxyl groups is 1. The van der Waals surface area contributed by atoms with Gasteiger partial charge in [-0.15, -0.1) is 0 Å². The van der Waals surface area contributed by atoms with E-state index in [1.807, 2.05) is 0 Å². The van der Waals surface area contributed by atoms with E-state index in [1.54, 1.807) is 0 Å². The number of carbonyl (C=O) groups excluding carboxylic acids is 2. The van der Waals surface area contributed by atoms with Gasteiger partial charge < -0.3 is 15.7 Å². The van der Waals surface area contributed by atoms with Crippen molar-refractivity contribution in [1.29, 1.82) is 0 Å². The standard InChI is InChI=1S/C21H40N2O3/c1-2-3-4-5-6-7-8-9-10-11-12-14-18(24)17-20(25)23-19-15-13-16-22-21(19)26/h18-19,24H,2-17H2,1H3,(H,22,26)(H,23,25)/t18-,19+/m0/s1. The summed E-state index contributed by atoms with van der Waals surface area (Å²) in [6, 6.07) is -0.426. The first kappa shape index (κ1) is 22.9. The lowest BCUT2D eigenvalue weighted by Gasteiger charge is -2.23. The molecule has 5 heteroatoms. The molecule has 3 N–H and O–H groups in total. The normalized spacial score (nSPS) is 18.4. The van der Waals surface area contributed by atoms with Crippen LogP contribution >= 0.6 is 0 Å². The summed E-state index contributed by atoms with van der Waals surface area (Å²) >= 11 is 0. The van der Waals surface area contributed by atoms with Crippen LogP contribution in [0.3, 0.4) is 0 Å². The summed E-state index contributed by atoms with van der Waals surface area (Å²) in [6.45, 7) is 2.94. The van der Waals surface area contributed by atoms with Gasteiger partial charge in [0, 0.05) is 6.54 Å². The summed E-state index contributed by atoms with van der Waals surface area (Å²) < 4.78 is 0. The van der Waals surface area contributed by atoms with Gasteiger partial charge in [-0.3, -0.25) is 9.59 Å². The molecule has 26 heavy (non-hydrogen) atoms. The van der Waals surface area contributed by atoms with E-state index in [0.29, 0.717) is 19.4 Å². The molecule has 1 rings (SSSR count). The van der Waals surface area contributed by atoms with E-state index in [9.17, 15) is 14.7 Å². The Morgan fingerprint density at radius 2 is 1.65 bits per heavy atom. The van der Waals surface area contributed by atoms with Crippen LogP contribution in [0.1, 0.15) is 103 Å². The Labute approximate surface area is 159 Å². The average molecular weight is 369 g/mol. The van der Waals surface area contributed by atoms with E-state index < -0.39 is 12.1 Å². The van der Waals surface area contributed by atoms with Crippen molar-refractivity contribution in [3.05, 3.63) is 0 Å². The molecule has 0 aromatic carbocycles. The monoisotopic (exact) mass is 368 g/mol. The molecule has 0 aromatic heterocycles. The first-order valence-corrected chi connectivity index (χ1v) is 10.9. The van der Waals surface area contributed by atoms with Crippen molar-refractivity contribution in [3.8, 4) is 0 Å². The van der Waals surface area contributed by atoms with Crippen LogP contribution in [0, 0.1) is 0 Å². The zero-order valence-electron chi connectivity index (χ0n) is 16.7. The van der Waals surface area contributed by atoms with E-state index >= 15 is 0 Å². The number of amides is 2. The van der Waals surface area contributed by atoms with E-state index in [2.05, 4.69) is 17.6 Å². The van der Waals surface area contributed by atoms with Gasteiger partial charge in [0.2, 0.25) is 11.8 Å². The van der Waals surface area contributed by atoms with Crippen LogP contribution < -0.4 is 10.6 Å². The van der Waals surface area contributed by atoms with Gasteiger partial charge in [-0.1, -0.05) is 77.6 Å². The van der Waals surface area contributed by atoms with Crippen molar-refractivity contribution in [3.63, 3.8) is 0 Å². The fourth-order valence-electron chi connectivity index (χ4n) is 3.52. The van der Waals surface area contributed by atoms with Crippen LogP contribution in [-0.2, 0) is 9.59 Å². The smallest absolute Gasteiger partial charge is 0.242 e. The molecular weight excluding hydrogens is 328 g/mol. The summed E-state index contributed by atoms with van der Waals surface area (Å²) in [5, 5.41) is 15.5. The average Bonchev–Trinajstić information content (AvgIpc) is 2.61. The molecule has 0 bridgehead atoms. The molecular formula is C21H40N2O3. The zero-order valence-corrected chi connectivity index (χ0v) is 16.7. The summed E-state index contributed by atoms with van der Waals surface area (Å²) in [5.41, 5.74) is 0. The summed E-state index contributed by atoms with van der Waals surface area (Å²) in [5.74, 6) is -0.327. The Morgan fingerprint density at radius 3 is 2.23 bits per heavy atom. The number of hydrogen-bond donors (Lipinski definition) is 3. The molecule has 1 heterocycles. The number of carbonyl (C=O) groups is 2. The van der Waals surface area contributed by atoms with Crippen LogP contribution in [0.25, 0.3) is 0 Å². The second-order valence-corrected chi connectivity index (χ2v) is 7.74. The third kappa shape index (κ3) is 11.5. The van der Waals surface area contributed by atoms with E-state index in [0.717, 1.165) is 19.3 Å². The van der Waals surface area contributed by atoms with Crippen molar-refractivity contribution >= 4 is 11.8 Å². The number of rotatable bonds is 15. The lowest BCUT2D eigenvalue weighted by Crippen LogP contribution is -2.50. The molecule has 1 aliphatic rings. The largest absolute Gasteiger partial charge is 0.393 e. The zero-order chi connectivity index (χ0) is 19.0. The molecule has 0 unspecified atom stereocenters. The highest BCUT2D eigenvalue weighted by Gasteiger charge is 2.24. The van der Waals surface area contributed by atoms with Crippen LogP contribution in [0.2, 0.25) is 0 Å². The third-order valence-corrected chi connectivity index (χ3v) is 5.18. The van der Waals surface area contributed by atoms with Crippen molar-refractivity contribution in [2.45, 2.75) is 115 Å². The van der Waals surface area contributed by atoms with Gasteiger partial charge in [-0.2, -0.15) is 0 Å². The first-order chi connectivity index (χ1) is 12.6. The molecule has 0 radical (unpaired) electrons. The maximum atomic E-state index is 11.9. The van der Waals surface area contributed by atoms with E-state index in [-0.39, 0.29) is 18.2 Å². The minimum absolute atomic E-state index is 0.0988. The molecule has 0 aromatic rings. The van der Waals surface area contributed by atoms with E-state index in [4.69, 9.17) is 0 Å². The van der Waals surface area contributed by atoms with Crippen LogP contribution in [0.5, 0.6) is 0 Å². The van der Waals surface area contributed by atoms with Crippen molar-refractivity contribution < 1.29 is 14.7 Å². The maximum absolute atomic E-state index is 11.9. The Kier molecular flexibility index (Phi) is 13.2. The summed E-state index contributed by atoms with van der Waals surface area (Å²) in [6.07, 6.45) is 15.8. The molecule has 1 aliphatic heterocycles. The predicted molar refractivity (Wildman–Crippen MR) is 106 cm³/mol. The lowest BCUT2D eigenvalue weighted by molar-refractivity contribution is -0.131. The number of aliphatic hydroxyl groups excluding tert-OH is 1. The van der Waals surface area contributed by atoms with Gasteiger partial charge in [0.25, 0.3) is 0 Å². The molecule has 5 nitrogen and oxygen atoms in total. The number of hydrogen-bond acceptors (Lipinski definition) is 3. The van der Waals surface area contributed by atoms with Gasteiger partial charge in [-0.25, -0.2) is 0 Å². The van der Waals surface area contributed by atoms with Crippen molar-refractivity contribution in [2.24, 2.45) is 0 Å². The van der Waals surface area contributed by atoms with Gasteiger partial charge in [0.15, 0.2) is 0 Å². The molecule has 152 valence electrons. The SMILES string of the molecule is CCCCCCCCCCCCC[C@H](O)CC(=O)N[C@@H]1CCCNC1=O. The molecule has 0 saturated carbocycles. The molecule has 1 fully saturated rings. The lowest BCUT2D eigenvalue weighted by atomic mass is 10.0. The predicted octanol–water partition coefficient (Wildman–Crippen LogP) is 3.83. The Hall–Kier alpha value is -1.10.